The third kappa shape index (κ3) is 2.66. The van der Waals surface area contributed by atoms with E-state index in [1.54, 1.807) is 12.1 Å². The zero-order valence-electron chi connectivity index (χ0n) is 11.3. The Bertz CT molecular complexity index is 612. The smallest absolute Gasteiger partial charge is 0.259 e. The highest BCUT2D eigenvalue weighted by atomic mass is 35.5. The maximum atomic E-state index is 9.54. The van der Waals surface area contributed by atoms with Crippen molar-refractivity contribution in [3.63, 3.8) is 0 Å². The van der Waals surface area contributed by atoms with E-state index in [1.165, 1.54) is 18.9 Å². The molecule has 1 aliphatic carbocycles. The molecule has 5 heteroatoms. The first-order valence-electron chi connectivity index (χ1n) is 6.96. The normalized spacial score (nSPS) is 22.9. The number of benzene rings is 1. The van der Waals surface area contributed by atoms with Crippen LogP contribution in [0.2, 0.25) is 5.02 Å². The Balaban J connectivity index is 1.88. The fourth-order valence-electron chi connectivity index (χ4n) is 2.86. The molecule has 1 saturated carbocycles. The van der Waals surface area contributed by atoms with Gasteiger partial charge in [-0.05, 0) is 37.0 Å². The van der Waals surface area contributed by atoms with E-state index in [1.807, 2.05) is 0 Å². The molecule has 0 aliphatic heterocycles. The van der Waals surface area contributed by atoms with E-state index < -0.39 is 0 Å². The highest BCUT2D eigenvalue weighted by molar-refractivity contribution is 6.33. The van der Waals surface area contributed by atoms with Gasteiger partial charge < -0.3 is 9.63 Å². The molecule has 2 aromatic rings. The Labute approximate surface area is 122 Å². The quantitative estimate of drug-likeness (QED) is 0.892. The van der Waals surface area contributed by atoms with Crippen molar-refractivity contribution in [3.8, 4) is 17.2 Å². The van der Waals surface area contributed by atoms with Gasteiger partial charge in [0.15, 0.2) is 5.82 Å². The van der Waals surface area contributed by atoms with Crippen molar-refractivity contribution in [1.82, 2.24) is 10.1 Å². The molecule has 2 atom stereocenters. The maximum Gasteiger partial charge on any atom is 0.259 e. The van der Waals surface area contributed by atoms with Gasteiger partial charge in [-0.2, -0.15) is 4.98 Å². The number of hydrogen-bond donors (Lipinski definition) is 1. The fourth-order valence-corrected chi connectivity index (χ4v) is 3.05. The predicted octanol–water partition coefficient (Wildman–Crippen LogP) is 4.39. The second-order valence-corrected chi connectivity index (χ2v) is 6.00. The van der Waals surface area contributed by atoms with Gasteiger partial charge in [0.2, 0.25) is 0 Å². The summed E-state index contributed by atoms with van der Waals surface area (Å²) in [4.78, 5) is 4.47. The number of halogens is 1. The molecular weight excluding hydrogens is 276 g/mol. The predicted molar refractivity (Wildman–Crippen MR) is 76.8 cm³/mol. The van der Waals surface area contributed by atoms with Crippen LogP contribution in [0.15, 0.2) is 22.7 Å². The van der Waals surface area contributed by atoms with Crippen LogP contribution in [0, 0.1) is 5.92 Å². The Kier molecular flexibility index (Phi) is 3.66. The Morgan fingerprint density at radius 1 is 1.35 bits per heavy atom. The number of hydrogen-bond acceptors (Lipinski definition) is 4. The Hall–Kier alpha value is -1.55. The van der Waals surface area contributed by atoms with Gasteiger partial charge in [-0.15, -0.1) is 0 Å². The van der Waals surface area contributed by atoms with Gasteiger partial charge >= 0.3 is 0 Å². The van der Waals surface area contributed by atoms with E-state index in [4.69, 9.17) is 16.1 Å². The molecule has 4 nitrogen and oxygen atoms in total. The molecule has 2 unspecified atom stereocenters. The molecule has 0 bridgehead atoms. The summed E-state index contributed by atoms with van der Waals surface area (Å²) in [6.07, 6.45) is 4.70. The number of nitrogens with zero attached hydrogens (tertiary/aromatic N) is 2. The molecule has 1 N–H and O–H groups in total. The summed E-state index contributed by atoms with van der Waals surface area (Å²) in [6, 6.07) is 4.70. The first-order valence-corrected chi connectivity index (χ1v) is 7.34. The van der Waals surface area contributed by atoms with Gasteiger partial charge in [-0.25, -0.2) is 0 Å². The van der Waals surface area contributed by atoms with E-state index in [9.17, 15) is 5.11 Å². The number of aromatic hydroxyl groups is 1. The van der Waals surface area contributed by atoms with Crippen molar-refractivity contribution in [1.29, 1.82) is 0 Å². The molecule has 1 aromatic heterocycles. The molecule has 0 spiro atoms. The minimum atomic E-state index is 0.135. The van der Waals surface area contributed by atoms with E-state index in [-0.39, 0.29) is 5.75 Å². The van der Waals surface area contributed by atoms with Gasteiger partial charge in [-0.1, -0.05) is 36.5 Å². The third-order valence-corrected chi connectivity index (χ3v) is 4.25. The lowest BCUT2D eigenvalue weighted by molar-refractivity contribution is 0.324. The summed E-state index contributed by atoms with van der Waals surface area (Å²) in [5.41, 5.74) is 0.578. The minimum Gasteiger partial charge on any atom is -0.508 e. The van der Waals surface area contributed by atoms with Crippen LogP contribution in [0.4, 0.5) is 0 Å². The Morgan fingerprint density at radius 3 is 3.00 bits per heavy atom. The van der Waals surface area contributed by atoms with Crippen LogP contribution in [0.5, 0.6) is 5.75 Å². The van der Waals surface area contributed by atoms with Gasteiger partial charge in [0.1, 0.15) is 5.75 Å². The summed E-state index contributed by atoms with van der Waals surface area (Å²) in [6.45, 7) is 2.26. The average Bonchev–Trinajstić information content (AvgIpc) is 2.91. The monoisotopic (exact) mass is 292 g/mol. The van der Waals surface area contributed by atoms with Crippen LogP contribution >= 0.6 is 11.6 Å². The number of phenolic OH excluding ortho intramolecular Hbond substituents is 1. The molecule has 1 heterocycles. The van der Waals surface area contributed by atoms with E-state index >= 15 is 0 Å². The fraction of sp³-hybridized carbons (Fsp3) is 0.467. The van der Waals surface area contributed by atoms with Gasteiger partial charge in [0.25, 0.3) is 5.89 Å². The minimum absolute atomic E-state index is 0.135. The SMILES string of the molecule is CC1CCCC(c2noc(-c3cc(O)ccc3Cl)n2)C1. The zero-order chi connectivity index (χ0) is 14.1. The van der Waals surface area contributed by atoms with Crippen LogP contribution in [0.3, 0.4) is 0 Å². The second kappa shape index (κ2) is 5.44. The van der Waals surface area contributed by atoms with Crippen LogP contribution in [-0.4, -0.2) is 15.2 Å². The molecule has 1 aliphatic rings. The van der Waals surface area contributed by atoms with Crippen molar-refractivity contribution in [3.05, 3.63) is 29.0 Å². The summed E-state index contributed by atoms with van der Waals surface area (Å²) >= 11 is 6.11. The summed E-state index contributed by atoms with van der Waals surface area (Å²) in [7, 11) is 0. The van der Waals surface area contributed by atoms with Crippen LogP contribution in [0.25, 0.3) is 11.5 Å². The lowest BCUT2D eigenvalue weighted by atomic mass is 9.82. The molecule has 0 radical (unpaired) electrons. The number of phenols is 1. The van der Waals surface area contributed by atoms with Gasteiger partial charge in [0, 0.05) is 5.92 Å². The van der Waals surface area contributed by atoms with E-state index in [2.05, 4.69) is 17.1 Å². The van der Waals surface area contributed by atoms with Crippen molar-refractivity contribution < 1.29 is 9.63 Å². The molecule has 3 rings (SSSR count). The molecule has 106 valence electrons. The molecule has 0 amide bonds. The molecular formula is C15H17ClN2O2. The maximum absolute atomic E-state index is 9.54. The average molecular weight is 293 g/mol. The van der Waals surface area contributed by atoms with Crippen molar-refractivity contribution in [2.45, 2.75) is 38.5 Å². The zero-order valence-corrected chi connectivity index (χ0v) is 12.1. The number of rotatable bonds is 2. The van der Waals surface area contributed by atoms with E-state index in [0.29, 0.717) is 28.3 Å². The third-order valence-electron chi connectivity index (χ3n) is 3.92. The van der Waals surface area contributed by atoms with Crippen molar-refractivity contribution in [2.24, 2.45) is 5.92 Å². The molecule has 1 fully saturated rings. The van der Waals surface area contributed by atoms with Crippen LogP contribution in [0.1, 0.15) is 44.3 Å². The molecule has 0 saturated heterocycles. The topological polar surface area (TPSA) is 59.2 Å². The van der Waals surface area contributed by atoms with Crippen LogP contribution in [-0.2, 0) is 0 Å². The molecule has 20 heavy (non-hydrogen) atoms. The highest BCUT2D eigenvalue weighted by Gasteiger charge is 2.25. The van der Waals surface area contributed by atoms with E-state index in [0.717, 1.165) is 18.7 Å². The lowest BCUT2D eigenvalue weighted by Crippen LogP contribution is -2.12. The van der Waals surface area contributed by atoms with Crippen LogP contribution < -0.4 is 0 Å². The van der Waals surface area contributed by atoms with Crippen molar-refractivity contribution in [2.75, 3.05) is 0 Å². The van der Waals surface area contributed by atoms with Crippen molar-refractivity contribution >= 4 is 11.6 Å². The number of aromatic nitrogens is 2. The highest BCUT2D eigenvalue weighted by Crippen LogP contribution is 2.36. The summed E-state index contributed by atoms with van der Waals surface area (Å²) in [5, 5.41) is 14.1. The first kappa shape index (κ1) is 13.4. The van der Waals surface area contributed by atoms with Gasteiger partial charge in [0.05, 0.1) is 10.6 Å². The first-order chi connectivity index (χ1) is 9.63. The standard InChI is InChI=1S/C15H17ClN2O2/c1-9-3-2-4-10(7-9)14-17-15(20-18-14)12-8-11(19)5-6-13(12)16/h5-6,8-10,19H,2-4,7H2,1H3. The van der Waals surface area contributed by atoms with Gasteiger partial charge in [-0.3, -0.25) is 0 Å². The largest absolute Gasteiger partial charge is 0.508 e. The summed E-state index contributed by atoms with van der Waals surface area (Å²) in [5.74, 6) is 2.34. The second-order valence-electron chi connectivity index (χ2n) is 5.59. The molecule has 1 aromatic carbocycles. The Morgan fingerprint density at radius 2 is 2.20 bits per heavy atom. The summed E-state index contributed by atoms with van der Waals surface area (Å²) < 4.78 is 5.32. The lowest BCUT2D eigenvalue weighted by Gasteiger charge is -2.23.